The molecule has 1 N–H and O–H groups in total. The van der Waals surface area contributed by atoms with Gasteiger partial charge in [0.1, 0.15) is 0 Å². The lowest BCUT2D eigenvalue weighted by Gasteiger charge is -2.10. The number of aliphatic hydroxyl groups is 1. The molecule has 0 saturated heterocycles. The van der Waals surface area contributed by atoms with Crippen molar-refractivity contribution >= 4 is 0 Å². The predicted molar refractivity (Wildman–Crippen MR) is 174 cm³/mol. The van der Waals surface area contributed by atoms with Crippen LogP contribution in [0.4, 0.5) is 0 Å². The van der Waals surface area contributed by atoms with Gasteiger partial charge in [-0.1, -0.05) is 159 Å². The van der Waals surface area contributed by atoms with Crippen LogP contribution < -0.4 is 0 Å². The number of aliphatic hydroxyl groups excluding tert-OH is 1. The molecule has 0 radical (unpaired) electrons. The Morgan fingerprint density at radius 2 is 0.658 bits per heavy atom. The van der Waals surface area contributed by atoms with Crippen molar-refractivity contribution in [1.82, 2.24) is 0 Å². The first kappa shape index (κ1) is 37.2. The second kappa shape index (κ2) is 34.2. The van der Waals surface area contributed by atoms with Gasteiger partial charge >= 0.3 is 0 Å². The molecule has 0 aromatic carbocycles. The lowest BCUT2D eigenvalue weighted by Crippen LogP contribution is -2.05. The first-order valence-corrected chi connectivity index (χ1v) is 17.4. The fourth-order valence-electron chi connectivity index (χ4n) is 5.14. The normalized spacial score (nSPS) is 13.0. The average molecular weight is 531 g/mol. The van der Waals surface area contributed by atoms with Gasteiger partial charge in [0.25, 0.3) is 0 Å². The van der Waals surface area contributed by atoms with Gasteiger partial charge < -0.3 is 5.11 Å². The first-order chi connectivity index (χ1) is 18.8. The molecule has 0 rings (SSSR count). The van der Waals surface area contributed by atoms with E-state index in [-0.39, 0.29) is 6.10 Å². The van der Waals surface area contributed by atoms with Gasteiger partial charge in [-0.25, -0.2) is 0 Å². The third-order valence-electron chi connectivity index (χ3n) is 7.79. The van der Waals surface area contributed by atoms with Crippen LogP contribution in [0.15, 0.2) is 36.5 Å². The molecular formula is C37H70O. The molecule has 0 heterocycles. The molecule has 0 aliphatic heterocycles. The lowest BCUT2D eigenvalue weighted by molar-refractivity contribution is 0.147. The Bertz CT molecular complexity index is 503. The van der Waals surface area contributed by atoms with Gasteiger partial charge in [0.2, 0.25) is 0 Å². The van der Waals surface area contributed by atoms with Crippen LogP contribution in [-0.2, 0) is 0 Å². The molecule has 0 aromatic heterocycles. The van der Waals surface area contributed by atoms with E-state index in [1.807, 2.05) is 0 Å². The first-order valence-electron chi connectivity index (χ1n) is 17.4. The largest absolute Gasteiger partial charge is 0.393 e. The van der Waals surface area contributed by atoms with Crippen LogP contribution in [0.25, 0.3) is 0 Å². The summed E-state index contributed by atoms with van der Waals surface area (Å²) in [4.78, 5) is 0. The minimum Gasteiger partial charge on any atom is -0.393 e. The molecule has 0 bridgehead atoms. The monoisotopic (exact) mass is 531 g/mol. The van der Waals surface area contributed by atoms with E-state index in [1.165, 1.54) is 161 Å². The Morgan fingerprint density at radius 1 is 0.368 bits per heavy atom. The van der Waals surface area contributed by atoms with E-state index in [9.17, 15) is 5.11 Å². The minimum absolute atomic E-state index is 0.0578. The summed E-state index contributed by atoms with van der Waals surface area (Å²) in [6.07, 6.45) is 50.5. The fourth-order valence-corrected chi connectivity index (χ4v) is 5.14. The van der Waals surface area contributed by atoms with Gasteiger partial charge in [0.05, 0.1) is 6.10 Å². The van der Waals surface area contributed by atoms with E-state index >= 15 is 0 Å². The maximum atomic E-state index is 10.3. The molecule has 38 heavy (non-hydrogen) atoms. The van der Waals surface area contributed by atoms with Crippen molar-refractivity contribution in [1.29, 1.82) is 0 Å². The number of allylic oxidation sites excluding steroid dienone is 6. The van der Waals surface area contributed by atoms with Crippen LogP contribution in [0, 0.1) is 0 Å². The zero-order valence-corrected chi connectivity index (χ0v) is 26.3. The Morgan fingerprint density at radius 3 is 1.08 bits per heavy atom. The predicted octanol–water partition coefficient (Wildman–Crippen LogP) is 13.0. The van der Waals surface area contributed by atoms with Gasteiger partial charge in [-0.3, -0.25) is 0 Å². The van der Waals surface area contributed by atoms with Crippen molar-refractivity contribution in [3.63, 3.8) is 0 Å². The number of hydrogen-bond donors (Lipinski definition) is 1. The number of unbranched alkanes of at least 4 members (excludes halogenated alkanes) is 21. The van der Waals surface area contributed by atoms with Crippen LogP contribution in [0.5, 0.6) is 0 Å². The van der Waals surface area contributed by atoms with Crippen molar-refractivity contribution in [2.75, 3.05) is 0 Å². The second-order valence-electron chi connectivity index (χ2n) is 11.8. The summed E-state index contributed by atoms with van der Waals surface area (Å²) in [5.74, 6) is 0. The number of rotatable bonds is 31. The molecule has 1 unspecified atom stereocenters. The van der Waals surface area contributed by atoms with Gasteiger partial charge in [0.15, 0.2) is 0 Å². The van der Waals surface area contributed by atoms with E-state index in [0.29, 0.717) is 0 Å². The SMILES string of the molecule is CCCCCC=CCC=CCCCCCCCCC(O)CCCCCCCCC=CCCCCCCCC. The average Bonchev–Trinajstić information content (AvgIpc) is 2.92. The van der Waals surface area contributed by atoms with E-state index in [0.717, 1.165) is 19.3 Å². The van der Waals surface area contributed by atoms with Crippen LogP contribution in [0.2, 0.25) is 0 Å². The van der Waals surface area contributed by atoms with Crippen molar-refractivity contribution in [3.8, 4) is 0 Å². The highest BCUT2D eigenvalue weighted by Gasteiger charge is 2.03. The summed E-state index contributed by atoms with van der Waals surface area (Å²) in [5, 5.41) is 10.3. The van der Waals surface area contributed by atoms with Crippen LogP contribution in [-0.4, -0.2) is 11.2 Å². The van der Waals surface area contributed by atoms with E-state index < -0.39 is 0 Å². The molecule has 0 fully saturated rings. The fraction of sp³-hybridized carbons (Fsp3) is 0.838. The highest BCUT2D eigenvalue weighted by atomic mass is 16.3. The maximum Gasteiger partial charge on any atom is 0.0540 e. The summed E-state index contributed by atoms with van der Waals surface area (Å²) in [6.45, 7) is 4.55. The molecule has 224 valence electrons. The van der Waals surface area contributed by atoms with Gasteiger partial charge in [-0.2, -0.15) is 0 Å². The Labute approximate surface area is 241 Å². The van der Waals surface area contributed by atoms with Crippen LogP contribution in [0.1, 0.15) is 194 Å². The van der Waals surface area contributed by atoms with Crippen molar-refractivity contribution in [3.05, 3.63) is 36.5 Å². The lowest BCUT2D eigenvalue weighted by atomic mass is 10.0. The Hall–Kier alpha value is -0.820. The Balaban J connectivity index is 3.26. The van der Waals surface area contributed by atoms with E-state index in [1.54, 1.807) is 0 Å². The molecule has 0 aliphatic rings. The quantitative estimate of drug-likeness (QED) is 0.0698. The topological polar surface area (TPSA) is 20.2 Å². The van der Waals surface area contributed by atoms with Gasteiger partial charge in [0, 0.05) is 0 Å². The van der Waals surface area contributed by atoms with Crippen molar-refractivity contribution in [2.45, 2.75) is 200 Å². The molecule has 1 heteroatoms. The third-order valence-corrected chi connectivity index (χ3v) is 7.79. The third kappa shape index (κ3) is 33.2. The van der Waals surface area contributed by atoms with Crippen LogP contribution >= 0.6 is 0 Å². The van der Waals surface area contributed by atoms with Gasteiger partial charge in [-0.15, -0.1) is 0 Å². The molecular weight excluding hydrogens is 460 g/mol. The second-order valence-corrected chi connectivity index (χ2v) is 11.8. The van der Waals surface area contributed by atoms with E-state index in [2.05, 4.69) is 50.3 Å². The Kier molecular flexibility index (Phi) is 33.5. The zero-order valence-electron chi connectivity index (χ0n) is 26.3. The molecule has 0 spiro atoms. The van der Waals surface area contributed by atoms with Gasteiger partial charge in [-0.05, 0) is 70.6 Å². The number of hydrogen-bond acceptors (Lipinski definition) is 1. The highest BCUT2D eigenvalue weighted by Crippen LogP contribution is 2.15. The molecule has 1 atom stereocenters. The molecule has 0 aromatic rings. The van der Waals surface area contributed by atoms with Crippen molar-refractivity contribution < 1.29 is 5.11 Å². The summed E-state index contributed by atoms with van der Waals surface area (Å²) in [5.41, 5.74) is 0. The summed E-state index contributed by atoms with van der Waals surface area (Å²) >= 11 is 0. The molecule has 0 amide bonds. The zero-order chi connectivity index (χ0) is 27.6. The maximum absolute atomic E-state index is 10.3. The summed E-state index contributed by atoms with van der Waals surface area (Å²) in [6, 6.07) is 0. The standard InChI is InChI=1S/C37H70O/c1-3-5-7-9-11-13-15-17-19-21-23-25-27-29-31-33-35-37(38)36-34-32-30-28-26-24-22-20-18-16-14-12-10-8-6-4-2/h11,13,17-20,37-38H,3-10,12,14-16,21-36H2,1-2H3. The minimum atomic E-state index is -0.0578. The summed E-state index contributed by atoms with van der Waals surface area (Å²) in [7, 11) is 0. The molecule has 1 nitrogen and oxygen atoms in total. The molecule has 0 aliphatic carbocycles. The van der Waals surface area contributed by atoms with Crippen molar-refractivity contribution in [2.24, 2.45) is 0 Å². The van der Waals surface area contributed by atoms with Crippen LogP contribution in [0.3, 0.4) is 0 Å². The highest BCUT2D eigenvalue weighted by molar-refractivity contribution is 4.92. The van der Waals surface area contributed by atoms with E-state index in [4.69, 9.17) is 0 Å². The molecule has 0 saturated carbocycles. The summed E-state index contributed by atoms with van der Waals surface area (Å²) < 4.78 is 0. The smallest absolute Gasteiger partial charge is 0.0540 e.